The van der Waals surface area contributed by atoms with Crippen molar-refractivity contribution in [2.45, 2.75) is 18.7 Å². The molecule has 1 fully saturated rings. The van der Waals surface area contributed by atoms with Crippen LogP contribution in [-0.2, 0) is 19.5 Å². The van der Waals surface area contributed by atoms with E-state index < -0.39 is 28.4 Å². The fourth-order valence-electron chi connectivity index (χ4n) is 3.68. The third kappa shape index (κ3) is 5.09. The molecule has 1 aliphatic rings. The number of rotatable bonds is 7. The van der Waals surface area contributed by atoms with Gasteiger partial charge in [-0.1, -0.05) is 0 Å². The van der Waals surface area contributed by atoms with Crippen LogP contribution in [0.5, 0.6) is 0 Å². The summed E-state index contributed by atoms with van der Waals surface area (Å²) >= 11 is 0. The molecule has 1 saturated heterocycles. The fourth-order valence-corrected chi connectivity index (χ4v) is 5.08. The van der Waals surface area contributed by atoms with Crippen molar-refractivity contribution < 1.29 is 27.5 Å². The lowest BCUT2D eigenvalue weighted by atomic mass is 10.1. The molecule has 0 saturated carbocycles. The predicted molar refractivity (Wildman–Crippen MR) is 124 cm³/mol. The number of morpholine rings is 1. The van der Waals surface area contributed by atoms with Gasteiger partial charge in [-0.25, -0.2) is 17.9 Å². The van der Waals surface area contributed by atoms with Gasteiger partial charge in [0.1, 0.15) is 0 Å². The molecule has 3 aromatic rings. The number of hydrogen-bond donors (Lipinski definition) is 0. The molecule has 0 atom stereocenters. The van der Waals surface area contributed by atoms with Crippen LogP contribution in [0.3, 0.4) is 0 Å². The van der Waals surface area contributed by atoms with Crippen LogP contribution in [0.4, 0.5) is 0 Å². The Bertz CT molecular complexity index is 1290. The van der Waals surface area contributed by atoms with E-state index in [-0.39, 0.29) is 10.5 Å². The average Bonchev–Trinajstić information content (AvgIpc) is 3.20. The Hall–Kier alpha value is -3.34. The molecule has 2 heterocycles. The van der Waals surface area contributed by atoms with Crippen molar-refractivity contribution in [2.24, 2.45) is 0 Å². The summed E-state index contributed by atoms with van der Waals surface area (Å²) in [5, 5.41) is 4.41. The summed E-state index contributed by atoms with van der Waals surface area (Å²) in [5.74, 6) is -1.05. The topological polar surface area (TPSA) is 108 Å². The molecule has 0 aliphatic carbocycles. The van der Waals surface area contributed by atoms with Crippen molar-refractivity contribution >= 4 is 21.8 Å². The monoisotopic (exact) mass is 483 g/mol. The van der Waals surface area contributed by atoms with Gasteiger partial charge in [0, 0.05) is 24.3 Å². The van der Waals surface area contributed by atoms with E-state index in [1.807, 2.05) is 19.9 Å². The van der Waals surface area contributed by atoms with E-state index in [0.717, 1.165) is 17.1 Å². The third-order valence-electron chi connectivity index (χ3n) is 5.48. The number of aromatic nitrogens is 2. The summed E-state index contributed by atoms with van der Waals surface area (Å²) in [4.78, 5) is 24.9. The molecule has 2 aromatic carbocycles. The van der Waals surface area contributed by atoms with Crippen molar-refractivity contribution in [1.82, 2.24) is 14.1 Å². The SMILES string of the molecule is Cc1cc(C)n(-c2ccc(C(=O)OCC(=O)c3ccc(S(=O)(=O)N4CCOCC4)cc3)cc2)n1. The second-order valence-corrected chi connectivity index (χ2v) is 9.86. The van der Waals surface area contributed by atoms with Crippen molar-refractivity contribution in [1.29, 1.82) is 0 Å². The lowest BCUT2D eigenvalue weighted by Gasteiger charge is -2.26. The molecule has 10 heteroatoms. The van der Waals surface area contributed by atoms with Gasteiger partial charge in [0.15, 0.2) is 12.4 Å². The molecular formula is C24H25N3O6S. The van der Waals surface area contributed by atoms with Gasteiger partial charge in [-0.15, -0.1) is 0 Å². The van der Waals surface area contributed by atoms with Gasteiger partial charge < -0.3 is 9.47 Å². The second-order valence-electron chi connectivity index (χ2n) is 7.93. The van der Waals surface area contributed by atoms with E-state index in [1.54, 1.807) is 28.9 Å². The summed E-state index contributed by atoms with van der Waals surface area (Å²) < 4.78 is 38.9. The number of Topliss-reactive ketones (excluding diaryl/α,β-unsaturated/α-hetero) is 1. The molecular weight excluding hydrogens is 458 g/mol. The van der Waals surface area contributed by atoms with E-state index in [2.05, 4.69) is 5.10 Å². The van der Waals surface area contributed by atoms with Crippen LogP contribution in [-0.4, -0.2) is 67.2 Å². The first kappa shape index (κ1) is 23.8. The molecule has 0 unspecified atom stereocenters. The highest BCUT2D eigenvalue weighted by molar-refractivity contribution is 7.89. The fraction of sp³-hybridized carbons (Fsp3) is 0.292. The number of aryl methyl sites for hydroxylation is 2. The molecule has 9 nitrogen and oxygen atoms in total. The molecule has 0 amide bonds. The van der Waals surface area contributed by atoms with E-state index in [4.69, 9.17) is 9.47 Å². The molecule has 0 bridgehead atoms. The Kier molecular flexibility index (Phi) is 6.92. The lowest BCUT2D eigenvalue weighted by Crippen LogP contribution is -2.40. The maximum Gasteiger partial charge on any atom is 0.338 e. The summed E-state index contributed by atoms with van der Waals surface area (Å²) in [5.41, 5.74) is 3.25. The zero-order valence-electron chi connectivity index (χ0n) is 18.9. The van der Waals surface area contributed by atoms with Gasteiger partial charge in [-0.3, -0.25) is 4.79 Å². The minimum atomic E-state index is -3.64. The van der Waals surface area contributed by atoms with Gasteiger partial charge in [0.05, 0.1) is 35.1 Å². The molecule has 34 heavy (non-hydrogen) atoms. The van der Waals surface area contributed by atoms with Gasteiger partial charge in [-0.05, 0) is 68.4 Å². The van der Waals surface area contributed by atoms with Crippen molar-refractivity contribution in [3.8, 4) is 5.69 Å². The maximum atomic E-state index is 12.7. The van der Waals surface area contributed by atoms with Crippen molar-refractivity contribution in [3.63, 3.8) is 0 Å². The van der Waals surface area contributed by atoms with E-state index in [9.17, 15) is 18.0 Å². The molecule has 0 radical (unpaired) electrons. The highest BCUT2D eigenvalue weighted by Gasteiger charge is 2.26. The Balaban J connectivity index is 1.36. The number of nitrogens with zero attached hydrogens (tertiary/aromatic N) is 3. The number of hydrogen-bond acceptors (Lipinski definition) is 7. The predicted octanol–water partition coefficient (Wildman–Crippen LogP) is 2.55. The summed E-state index contributed by atoms with van der Waals surface area (Å²) in [6.45, 7) is 4.69. The first-order valence-electron chi connectivity index (χ1n) is 10.8. The number of benzene rings is 2. The van der Waals surface area contributed by atoms with Crippen molar-refractivity contribution in [3.05, 3.63) is 77.1 Å². The normalized spacial score (nSPS) is 14.6. The Morgan fingerprint density at radius 1 is 0.971 bits per heavy atom. The van der Waals surface area contributed by atoms with Crippen LogP contribution in [0.25, 0.3) is 5.69 Å². The lowest BCUT2D eigenvalue weighted by molar-refractivity contribution is 0.0474. The van der Waals surface area contributed by atoms with Crippen molar-refractivity contribution in [2.75, 3.05) is 32.9 Å². The average molecular weight is 484 g/mol. The van der Waals surface area contributed by atoms with Crippen LogP contribution in [0, 0.1) is 13.8 Å². The minimum Gasteiger partial charge on any atom is -0.454 e. The van der Waals surface area contributed by atoms with Crippen LogP contribution in [0.1, 0.15) is 32.1 Å². The quantitative estimate of drug-likeness (QED) is 0.375. The molecule has 0 spiro atoms. The molecule has 1 aromatic heterocycles. The van der Waals surface area contributed by atoms with Crippen LogP contribution in [0.15, 0.2) is 59.5 Å². The highest BCUT2D eigenvalue weighted by Crippen LogP contribution is 2.18. The Morgan fingerprint density at radius 3 is 2.18 bits per heavy atom. The zero-order chi connectivity index (χ0) is 24.3. The zero-order valence-corrected chi connectivity index (χ0v) is 19.7. The largest absolute Gasteiger partial charge is 0.454 e. The number of carbonyl (C=O) groups is 2. The minimum absolute atomic E-state index is 0.102. The van der Waals surface area contributed by atoms with Gasteiger partial charge >= 0.3 is 5.97 Å². The first-order valence-corrected chi connectivity index (χ1v) is 12.2. The molecule has 4 rings (SSSR count). The smallest absolute Gasteiger partial charge is 0.338 e. The number of carbonyl (C=O) groups excluding carboxylic acids is 2. The summed E-state index contributed by atoms with van der Waals surface area (Å²) in [7, 11) is -3.64. The maximum absolute atomic E-state index is 12.7. The first-order chi connectivity index (χ1) is 16.3. The van der Waals surface area contributed by atoms with Crippen LogP contribution in [0.2, 0.25) is 0 Å². The van der Waals surface area contributed by atoms with E-state index in [0.29, 0.717) is 31.9 Å². The second kappa shape index (κ2) is 9.88. The number of sulfonamides is 1. The van der Waals surface area contributed by atoms with E-state index in [1.165, 1.54) is 28.6 Å². The Morgan fingerprint density at radius 2 is 1.59 bits per heavy atom. The summed E-state index contributed by atoms with van der Waals surface area (Å²) in [6.07, 6.45) is 0. The molecule has 1 aliphatic heterocycles. The van der Waals surface area contributed by atoms with Crippen LogP contribution >= 0.6 is 0 Å². The summed E-state index contributed by atoms with van der Waals surface area (Å²) in [6, 6.07) is 14.3. The number of ether oxygens (including phenoxy) is 2. The molecule has 0 N–H and O–H groups in total. The van der Waals surface area contributed by atoms with Crippen LogP contribution < -0.4 is 0 Å². The van der Waals surface area contributed by atoms with E-state index >= 15 is 0 Å². The number of esters is 1. The molecule has 178 valence electrons. The standard InChI is InChI=1S/C24H25N3O6S/c1-17-15-18(2)27(25-17)21-7-3-20(4-8-21)24(29)33-16-23(28)19-5-9-22(10-6-19)34(30,31)26-11-13-32-14-12-26/h3-10,15H,11-14,16H2,1-2H3. The van der Waals surface area contributed by atoms with Gasteiger partial charge in [0.2, 0.25) is 10.0 Å². The highest BCUT2D eigenvalue weighted by atomic mass is 32.2. The Labute approximate surface area is 198 Å². The third-order valence-corrected chi connectivity index (χ3v) is 7.39. The van der Waals surface area contributed by atoms with Gasteiger partial charge in [-0.2, -0.15) is 9.40 Å². The van der Waals surface area contributed by atoms with Gasteiger partial charge in [0.25, 0.3) is 0 Å². The number of ketones is 1.